The molecule has 0 heterocycles. The van der Waals surface area contributed by atoms with E-state index in [1.54, 1.807) is 7.11 Å². The van der Waals surface area contributed by atoms with Gasteiger partial charge in [-0.05, 0) is 0 Å². The minimum absolute atomic E-state index is 0.644. The van der Waals surface area contributed by atoms with Crippen molar-refractivity contribution in [2.24, 2.45) is 0 Å². The number of hydrogen-bond donors (Lipinski definition) is 0. The maximum absolute atomic E-state index is 5.48. The van der Waals surface area contributed by atoms with Crippen LogP contribution in [0.5, 0.6) is 0 Å². The molecule has 0 fully saturated rings. The van der Waals surface area contributed by atoms with Gasteiger partial charge in [0.15, 0.2) is 0 Å². The van der Waals surface area contributed by atoms with Crippen molar-refractivity contribution in [3.05, 3.63) is 47.7 Å². The van der Waals surface area contributed by atoms with E-state index in [0.717, 1.165) is 0 Å². The fraction of sp³-hybridized carbons (Fsp3) is 0.652. The Labute approximate surface area is 159 Å². The molecular weight excluding hydrogens is 365 g/mol. The molecule has 1 nitrogen and oxygen atoms in total. The van der Waals surface area contributed by atoms with Gasteiger partial charge in [-0.3, -0.25) is 0 Å². The average molecular weight is 405 g/mol. The fourth-order valence-corrected chi connectivity index (χ4v) is 18.5. The standard InChI is InChI=1S/C23H40GeO/c1-6-9-17-24(18-10-7-2,19-11-8-3)23(21(4)20-25-5)22-15-13-12-14-16-22/h12-16,20,23H,6-11,17-19H2,1-5H3/b21-20+. The zero-order valence-electron chi connectivity index (χ0n) is 17.3. The van der Waals surface area contributed by atoms with E-state index in [1.165, 1.54) is 65.4 Å². The van der Waals surface area contributed by atoms with Crippen LogP contribution in [0.4, 0.5) is 0 Å². The van der Waals surface area contributed by atoms with Crippen molar-refractivity contribution in [2.45, 2.75) is 86.7 Å². The van der Waals surface area contributed by atoms with E-state index in [2.05, 4.69) is 58.0 Å². The Hall–Kier alpha value is -0.697. The third-order valence-electron chi connectivity index (χ3n) is 5.59. The van der Waals surface area contributed by atoms with Gasteiger partial charge in [0, 0.05) is 0 Å². The first-order chi connectivity index (χ1) is 12.1. The molecule has 0 amide bonds. The van der Waals surface area contributed by atoms with E-state index in [-0.39, 0.29) is 0 Å². The van der Waals surface area contributed by atoms with Gasteiger partial charge in [0.2, 0.25) is 0 Å². The summed E-state index contributed by atoms with van der Waals surface area (Å²) in [7, 11) is 1.80. The van der Waals surface area contributed by atoms with Crippen LogP contribution in [0.2, 0.25) is 15.8 Å². The van der Waals surface area contributed by atoms with Crippen molar-refractivity contribution in [1.29, 1.82) is 0 Å². The Morgan fingerprint density at radius 3 is 1.80 bits per heavy atom. The summed E-state index contributed by atoms with van der Waals surface area (Å²) >= 11 is -2.12. The van der Waals surface area contributed by atoms with E-state index < -0.39 is 13.3 Å². The van der Waals surface area contributed by atoms with Gasteiger partial charge >= 0.3 is 160 Å². The number of rotatable bonds is 13. The van der Waals surface area contributed by atoms with Crippen LogP contribution >= 0.6 is 0 Å². The molecule has 0 saturated carbocycles. The van der Waals surface area contributed by atoms with Gasteiger partial charge in [0.05, 0.1) is 0 Å². The topological polar surface area (TPSA) is 9.23 Å². The predicted octanol–water partition coefficient (Wildman–Crippen LogP) is 7.71. The Morgan fingerprint density at radius 1 is 0.920 bits per heavy atom. The average Bonchev–Trinajstić information content (AvgIpc) is 2.64. The second-order valence-corrected chi connectivity index (χ2v) is 17.7. The molecule has 0 spiro atoms. The molecule has 0 N–H and O–H groups in total. The molecular formula is C23H40GeO. The number of unbranched alkanes of at least 4 members (excludes halogenated alkanes) is 3. The summed E-state index contributed by atoms with van der Waals surface area (Å²) in [6.07, 6.45) is 10.2. The summed E-state index contributed by atoms with van der Waals surface area (Å²) in [5, 5.41) is 4.51. The van der Waals surface area contributed by atoms with Crippen molar-refractivity contribution in [2.75, 3.05) is 7.11 Å². The molecule has 0 radical (unpaired) electrons. The van der Waals surface area contributed by atoms with Gasteiger partial charge in [-0.15, -0.1) is 0 Å². The van der Waals surface area contributed by atoms with Gasteiger partial charge in [-0.1, -0.05) is 0 Å². The number of allylic oxidation sites excluding steroid dienone is 1. The number of ether oxygens (including phenoxy) is 1. The molecule has 0 bridgehead atoms. The van der Waals surface area contributed by atoms with Gasteiger partial charge in [-0.2, -0.15) is 0 Å². The molecule has 0 aromatic heterocycles. The normalized spacial score (nSPS) is 13.7. The summed E-state index contributed by atoms with van der Waals surface area (Å²) in [6.45, 7) is 9.36. The van der Waals surface area contributed by atoms with Crippen LogP contribution in [0, 0.1) is 0 Å². The Bertz CT molecular complexity index is 458. The van der Waals surface area contributed by atoms with Crippen molar-refractivity contribution >= 4 is 13.3 Å². The first-order valence-corrected chi connectivity index (χ1v) is 16.1. The molecule has 1 unspecified atom stereocenters. The van der Waals surface area contributed by atoms with Crippen LogP contribution in [0.1, 0.15) is 76.5 Å². The molecule has 0 aliphatic rings. The van der Waals surface area contributed by atoms with Crippen molar-refractivity contribution in [1.82, 2.24) is 0 Å². The Balaban J connectivity index is 3.38. The molecule has 1 atom stereocenters. The third-order valence-corrected chi connectivity index (χ3v) is 18.3. The van der Waals surface area contributed by atoms with Crippen LogP contribution < -0.4 is 0 Å². The minimum atomic E-state index is -2.12. The first-order valence-electron chi connectivity index (χ1n) is 10.4. The number of methoxy groups -OCH3 is 1. The predicted molar refractivity (Wildman–Crippen MR) is 115 cm³/mol. The molecule has 0 aliphatic heterocycles. The van der Waals surface area contributed by atoms with E-state index >= 15 is 0 Å². The summed E-state index contributed by atoms with van der Waals surface area (Å²) in [5.74, 6) is 0. The van der Waals surface area contributed by atoms with Gasteiger partial charge in [0.1, 0.15) is 0 Å². The van der Waals surface area contributed by atoms with Gasteiger partial charge < -0.3 is 0 Å². The number of benzene rings is 1. The molecule has 0 aliphatic carbocycles. The first kappa shape index (κ1) is 22.3. The van der Waals surface area contributed by atoms with Crippen molar-refractivity contribution in [3.8, 4) is 0 Å². The van der Waals surface area contributed by atoms with E-state index in [0.29, 0.717) is 4.75 Å². The second-order valence-electron chi connectivity index (χ2n) is 7.61. The van der Waals surface area contributed by atoms with E-state index in [4.69, 9.17) is 4.74 Å². The maximum atomic E-state index is 5.48. The number of hydrogen-bond acceptors (Lipinski definition) is 1. The van der Waals surface area contributed by atoms with Crippen molar-refractivity contribution < 1.29 is 4.74 Å². The van der Waals surface area contributed by atoms with Crippen molar-refractivity contribution in [3.63, 3.8) is 0 Å². The van der Waals surface area contributed by atoms with Crippen LogP contribution in [-0.4, -0.2) is 20.4 Å². The molecule has 1 rings (SSSR count). The summed E-state index contributed by atoms with van der Waals surface area (Å²) in [4.78, 5) is 0. The quantitative estimate of drug-likeness (QED) is 0.241. The SMILES string of the molecule is CCC[CH2][Ge]([CH2]CCC)([CH2]CCC)[CH](/C(C)=C/OC)c1ccccc1. The summed E-state index contributed by atoms with van der Waals surface area (Å²) in [6, 6.07) is 11.3. The van der Waals surface area contributed by atoms with Crippen LogP contribution in [0.25, 0.3) is 0 Å². The van der Waals surface area contributed by atoms with Crippen LogP contribution in [0.3, 0.4) is 0 Å². The Kier molecular flexibility index (Phi) is 11.3. The van der Waals surface area contributed by atoms with E-state index in [1.807, 2.05) is 6.26 Å². The summed E-state index contributed by atoms with van der Waals surface area (Å²) in [5.41, 5.74) is 2.99. The molecule has 1 aromatic carbocycles. The van der Waals surface area contributed by atoms with Crippen LogP contribution in [-0.2, 0) is 4.74 Å². The van der Waals surface area contributed by atoms with Gasteiger partial charge in [0.25, 0.3) is 0 Å². The van der Waals surface area contributed by atoms with Gasteiger partial charge in [-0.25, -0.2) is 0 Å². The molecule has 0 saturated heterocycles. The third kappa shape index (κ3) is 6.85. The summed E-state index contributed by atoms with van der Waals surface area (Å²) < 4.78 is 6.13. The molecule has 2 heteroatoms. The molecule has 25 heavy (non-hydrogen) atoms. The van der Waals surface area contributed by atoms with E-state index in [9.17, 15) is 0 Å². The zero-order valence-corrected chi connectivity index (χ0v) is 19.4. The monoisotopic (exact) mass is 406 g/mol. The second kappa shape index (κ2) is 12.6. The fourth-order valence-electron chi connectivity index (χ4n) is 4.39. The Morgan fingerprint density at radius 2 is 1.40 bits per heavy atom. The zero-order chi connectivity index (χ0) is 18.5. The molecule has 142 valence electrons. The molecule has 1 aromatic rings. The van der Waals surface area contributed by atoms with Crippen LogP contribution in [0.15, 0.2) is 42.2 Å².